The van der Waals surface area contributed by atoms with Crippen LogP contribution in [0.5, 0.6) is 5.75 Å². The Balaban J connectivity index is 1.66. The van der Waals surface area contributed by atoms with E-state index in [0.717, 1.165) is 37.2 Å². The minimum absolute atomic E-state index is 0.147. The predicted molar refractivity (Wildman–Crippen MR) is 140 cm³/mol. The fourth-order valence-electron chi connectivity index (χ4n) is 3.39. The van der Waals surface area contributed by atoms with Crippen molar-refractivity contribution in [3.63, 3.8) is 0 Å². The zero-order chi connectivity index (χ0) is 23.5. The number of rotatable bonds is 13. The number of nitrogens with zero attached hydrogens (tertiary/aromatic N) is 1. The van der Waals surface area contributed by atoms with E-state index in [1.165, 1.54) is 20.5 Å². The standard InChI is InChI=1S/C25H34N6OS/c1-2-24(26)30-13-14-32-21-10-9-19(23-16-18-7-3-4-8-22(18)33-23)15-20(21)17-29-11-5-6-12-31-25(27)28/h2-4,7-10,15-16,29-30H,5-6,11-14,17,26H2,1H3,(H4,27,28,31)/b24-2+. The van der Waals surface area contributed by atoms with Crippen LogP contribution in [0.15, 0.2) is 65.4 Å². The van der Waals surface area contributed by atoms with Crippen LogP contribution in [-0.2, 0) is 6.54 Å². The van der Waals surface area contributed by atoms with Crippen molar-refractivity contribution >= 4 is 27.4 Å². The second-order valence-corrected chi connectivity index (χ2v) is 8.76. The first kappa shape index (κ1) is 24.4. The van der Waals surface area contributed by atoms with Gasteiger partial charge in [0.2, 0.25) is 0 Å². The van der Waals surface area contributed by atoms with E-state index in [-0.39, 0.29) is 5.96 Å². The molecular formula is C25H34N6OS. The number of aliphatic imine (C=N–C) groups is 1. The summed E-state index contributed by atoms with van der Waals surface area (Å²) in [6.45, 7) is 5.33. The molecule has 0 unspecified atom stereocenters. The SMILES string of the molecule is C/C=C(\N)NCCOc1ccc(-c2cc3ccccc3s2)cc1CNCCCCN=C(N)N. The summed E-state index contributed by atoms with van der Waals surface area (Å²) in [7, 11) is 0. The Morgan fingerprint density at radius 3 is 2.70 bits per heavy atom. The van der Waals surface area contributed by atoms with E-state index in [4.69, 9.17) is 21.9 Å². The molecule has 1 heterocycles. The molecule has 0 bridgehead atoms. The van der Waals surface area contributed by atoms with Gasteiger partial charge in [-0.2, -0.15) is 0 Å². The quantitative estimate of drug-likeness (QED) is 0.149. The van der Waals surface area contributed by atoms with Gasteiger partial charge in [0, 0.05) is 28.2 Å². The number of ether oxygens (including phenoxy) is 1. The number of hydrogen-bond acceptors (Lipinski definition) is 6. The first-order valence-electron chi connectivity index (χ1n) is 11.2. The molecule has 2 aromatic carbocycles. The van der Waals surface area contributed by atoms with E-state index in [1.807, 2.05) is 24.3 Å². The Morgan fingerprint density at radius 2 is 1.91 bits per heavy atom. The fraction of sp³-hybridized carbons (Fsp3) is 0.320. The van der Waals surface area contributed by atoms with E-state index in [2.05, 4.69) is 64.2 Å². The van der Waals surface area contributed by atoms with Crippen LogP contribution in [0.1, 0.15) is 25.3 Å². The molecule has 176 valence electrons. The molecule has 1 aromatic heterocycles. The third-order valence-corrected chi connectivity index (χ3v) is 6.31. The maximum atomic E-state index is 6.08. The van der Waals surface area contributed by atoms with Crippen LogP contribution in [0.25, 0.3) is 20.5 Å². The monoisotopic (exact) mass is 466 g/mol. The van der Waals surface area contributed by atoms with Crippen LogP contribution >= 0.6 is 11.3 Å². The molecule has 0 spiro atoms. The molecule has 0 amide bonds. The number of thiophene rings is 1. The molecule has 8 N–H and O–H groups in total. The van der Waals surface area contributed by atoms with Gasteiger partial charge in [-0.05, 0) is 73.7 Å². The van der Waals surface area contributed by atoms with Crippen molar-refractivity contribution in [2.45, 2.75) is 26.3 Å². The van der Waals surface area contributed by atoms with Crippen LogP contribution in [-0.4, -0.2) is 32.2 Å². The molecule has 0 atom stereocenters. The summed E-state index contributed by atoms with van der Waals surface area (Å²) in [6, 6.07) is 17.1. The maximum absolute atomic E-state index is 6.08. The number of fused-ring (bicyclic) bond motifs is 1. The smallest absolute Gasteiger partial charge is 0.185 e. The largest absolute Gasteiger partial charge is 0.491 e. The van der Waals surface area contributed by atoms with Gasteiger partial charge >= 0.3 is 0 Å². The van der Waals surface area contributed by atoms with Gasteiger partial charge in [-0.1, -0.05) is 18.2 Å². The van der Waals surface area contributed by atoms with Crippen LogP contribution in [0.2, 0.25) is 0 Å². The molecule has 3 rings (SSSR count). The van der Waals surface area contributed by atoms with Crippen molar-refractivity contribution in [2.24, 2.45) is 22.2 Å². The van der Waals surface area contributed by atoms with Crippen molar-refractivity contribution in [1.82, 2.24) is 10.6 Å². The number of nitrogens with one attached hydrogen (secondary N) is 2. The molecule has 0 aliphatic rings. The molecule has 0 saturated carbocycles. The first-order chi connectivity index (χ1) is 16.1. The van der Waals surface area contributed by atoms with Crippen molar-refractivity contribution in [3.8, 4) is 16.2 Å². The van der Waals surface area contributed by atoms with E-state index >= 15 is 0 Å². The highest BCUT2D eigenvalue weighted by atomic mass is 32.1. The third-order valence-electron chi connectivity index (χ3n) is 5.14. The zero-order valence-corrected chi connectivity index (χ0v) is 20.0. The third kappa shape index (κ3) is 7.69. The Labute approximate surface area is 199 Å². The summed E-state index contributed by atoms with van der Waals surface area (Å²) < 4.78 is 7.37. The number of guanidine groups is 1. The fourth-order valence-corrected chi connectivity index (χ4v) is 4.45. The lowest BCUT2D eigenvalue weighted by Gasteiger charge is -2.14. The van der Waals surface area contributed by atoms with Crippen LogP contribution in [0.4, 0.5) is 0 Å². The van der Waals surface area contributed by atoms with Crippen molar-refractivity contribution in [2.75, 3.05) is 26.2 Å². The number of benzene rings is 2. The highest BCUT2D eigenvalue weighted by molar-refractivity contribution is 7.22. The molecule has 3 aromatic rings. The molecule has 8 heteroatoms. The van der Waals surface area contributed by atoms with Gasteiger partial charge in [0.05, 0.1) is 12.4 Å². The summed E-state index contributed by atoms with van der Waals surface area (Å²) in [5, 5.41) is 7.92. The molecule has 0 saturated heterocycles. The average Bonchev–Trinajstić information content (AvgIpc) is 3.25. The Bertz CT molecular complexity index is 1050. The molecule has 0 fully saturated rings. The van der Waals surface area contributed by atoms with Gasteiger partial charge < -0.3 is 32.6 Å². The first-order valence-corrected chi connectivity index (χ1v) is 12.0. The Morgan fingerprint density at radius 1 is 1.06 bits per heavy atom. The summed E-state index contributed by atoms with van der Waals surface area (Å²) >= 11 is 1.81. The summed E-state index contributed by atoms with van der Waals surface area (Å²) in [6.07, 6.45) is 3.77. The molecule has 0 aliphatic carbocycles. The lowest BCUT2D eigenvalue weighted by molar-refractivity contribution is 0.314. The Kier molecular flexibility index (Phi) is 9.41. The van der Waals surface area contributed by atoms with Crippen molar-refractivity contribution in [3.05, 3.63) is 66.0 Å². The van der Waals surface area contributed by atoms with Gasteiger partial charge in [0.1, 0.15) is 12.4 Å². The molecule has 7 nitrogen and oxygen atoms in total. The number of unbranched alkanes of at least 4 members (excludes halogenated alkanes) is 1. The number of allylic oxidation sites excluding steroid dienone is 1. The minimum Gasteiger partial charge on any atom is -0.491 e. The molecule has 0 aliphatic heterocycles. The van der Waals surface area contributed by atoms with Gasteiger partial charge in [-0.25, -0.2) is 0 Å². The van der Waals surface area contributed by atoms with Gasteiger partial charge in [0.25, 0.3) is 0 Å². The van der Waals surface area contributed by atoms with E-state index < -0.39 is 0 Å². The lowest BCUT2D eigenvalue weighted by Crippen LogP contribution is -2.25. The van der Waals surface area contributed by atoms with Crippen molar-refractivity contribution < 1.29 is 4.74 Å². The van der Waals surface area contributed by atoms with Crippen molar-refractivity contribution in [1.29, 1.82) is 0 Å². The van der Waals surface area contributed by atoms with Gasteiger partial charge in [0.15, 0.2) is 5.96 Å². The minimum atomic E-state index is 0.147. The molecular weight excluding hydrogens is 432 g/mol. The van der Waals surface area contributed by atoms with Crippen LogP contribution < -0.4 is 32.6 Å². The Hall–Kier alpha value is -3.23. The topological polar surface area (TPSA) is 124 Å². The summed E-state index contributed by atoms with van der Waals surface area (Å²) in [4.78, 5) is 5.28. The summed E-state index contributed by atoms with van der Waals surface area (Å²) in [5.41, 5.74) is 18.9. The zero-order valence-electron chi connectivity index (χ0n) is 19.1. The number of hydrogen-bond donors (Lipinski definition) is 5. The highest BCUT2D eigenvalue weighted by Crippen LogP contribution is 2.35. The van der Waals surface area contributed by atoms with Gasteiger partial charge in [-0.15, -0.1) is 11.3 Å². The second-order valence-electron chi connectivity index (χ2n) is 7.68. The number of nitrogens with two attached hydrogens (primary N) is 3. The second kappa shape index (κ2) is 12.7. The highest BCUT2D eigenvalue weighted by Gasteiger charge is 2.10. The normalized spacial score (nSPS) is 11.5. The lowest BCUT2D eigenvalue weighted by atomic mass is 10.1. The van der Waals surface area contributed by atoms with E-state index in [9.17, 15) is 0 Å². The van der Waals surface area contributed by atoms with Gasteiger partial charge in [-0.3, -0.25) is 4.99 Å². The molecule has 0 radical (unpaired) electrons. The van der Waals surface area contributed by atoms with Crippen LogP contribution in [0.3, 0.4) is 0 Å². The van der Waals surface area contributed by atoms with E-state index in [1.54, 1.807) is 0 Å². The summed E-state index contributed by atoms with van der Waals surface area (Å²) in [5.74, 6) is 1.68. The average molecular weight is 467 g/mol. The molecule has 33 heavy (non-hydrogen) atoms. The maximum Gasteiger partial charge on any atom is 0.185 e. The van der Waals surface area contributed by atoms with E-state index in [0.29, 0.717) is 25.5 Å². The van der Waals surface area contributed by atoms with Crippen LogP contribution in [0, 0.1) is 0 Å². The predicted octanol–water partition coefficient (Wildman–Crippen LogP) is 3.50.